The number of hydrogen-bond donors (Lipinski definition) is 1. The summed E-state index contributed by atoms with van der Waals surface area (Å²) in [5, 5.41) is 8.77. The van der Waals surface area contributed by atoms with Crippen LogP contribution in [0, 0.1) is 0 Å². The normalized spacial score (nSPS) is 11.5. The summed E-state index contributed by atoms with van der Waals surface area (Å²) in [5.74, 6) is 0. The quantitative estimate of drug-likeness (QED) is 0.287. The molecule has 0 fully saturated rings. The van der Waals surface area contributed by atoms with Crippen LogP contribution >= 0.6 is 0 Å². The Kier molecular flexibility index (Phi) is 19.9. The summed E-state index contributed by atoms with van der Waals surface area (Å²) in [7, 11) is 2.21. The highest BCUT2D eigenvalue weighted by molar-refractivity contribution is 4.54. The molecule has 0 amide bonds. The standard InChI is InChI=1S/C21H45NO/c1-3-4-5-6-7-8-9-10-11-12-13-14-15-16-19-22(2)20-17-18-21-23/h23H,3-21H2,1-2H3. The molecule has 0 bridgehead atoms. The van der Waals surface area contributed by atoms with E-state index in [0.717, 1.165) is 19.4 Å². The Labute approximate surface area is 147 Å². The van der Waals surface area contributed by atoms with Crippen molar-refractivity contribution in [2.45, 2.75) is 110 Å². The van der Waals surface area contributed by atoms with Gasteiger partial charge in [0, 0.05) is 6.61 Å². The van der Waals surface area contributed by atoms with Crippen molar-refractivity contribution in [2.75, 3.05) is 26.7 Å². The molecule has 2 nitrogen and oxygen atoms in total. The van der Waals surface area contributed by atoms with Crippen LogP contribution in [0.25, 0.3) is 0 Å². The van der Waals surface area contributed by atoms with Crippen molar-refractivity contribution < 1.29 is 5.11 Å². The lowest BCUT2D eigenvalue weighted by atomic mass is 10.0. The summed E-state index contributed by atoms with van der Waals surface area (Å²) in [6.45, 7) is 4.99. The fourth-order valence-corrected chi connectivity index (χ4v) is 3.18. The van der Waals surface area contributed by atoms with E-state index in [0.29, 0.717) is 6.61 Å². The molecular weight excluding hydrogens is 282 g/mol. The van der Waals surface area contributed by atoms with E-state index in [2.05, 4.69) is 18.9 Å². The monoisotopic (exact) mass is 327 g/mol. The summed E-state index contributed by atoms with van der Waals surface area (Å²) < 4.78 is 0. The molecule has 23 heavy (non-hydrogen) atoms. The fourth-order valence-electron chi connectivity index (χ4n) is 3.18. The Hall–Kier alpha value is -0.0800. The first-order chi connectivity index (χ1) is 11.3. The molecule has 0 aliphatic carbocycles. The highest BCUT2D eigenvalue weighted by Gasteiger charge is 1.98. The fraction of sp³-hybridized carbons (Fsp3) is 1.00. The molecule has 140 valence electrons. The Morgan fingerprint density at radius 2 is 0.870 bits per heavy atom. The lowest BCUT2D eigenvalue weighted by Crippen LogP contribution is -2.21. The van der Waals surface area contributed by atoms with Gasteiger partial charge in [0.15, 0.2) is 0 Å². The molecular formula is C21H45NO. The second kappa shape index (κ2) is 20.0. The minimum absolute atomic E-state index is 0.340. The smallest absolute Gasteiger partial charge is 0.0431 e. The van der Waals surface area contributed by atoms with E-state index in [-0.39, 0.29) is 0 Å². The SMILES string of the molecule is CCCCCCCCCCCCCCCCN(C)CCCCO. The van der Waals surface area contributed by atoms with Gasteiger partial charge in [-0.25, -0.2) is 0 Å². The third-order valence-corrected chi connectivity index (χ3v) is 4.84. The summed E-state index contributed by atoms with van der Waals surface area (Å²) in [4.78, 5) is 2.41. The van der Waals surface area contributed by atoms with Gasteiger partial charge >= 0.3 is 0 Å². The van der Waals surface area contributed by atoms with Gasteiger partial charge in [0.05, 0.1) is 0 Å². The number of aliphatic hydroxyl groups excluding tert-OH is 1. The molecule has 0 saturated carbocycles. The van der Waals surface area contributed by atoms with E-state index in [1.807, 2.05) is 0 Å². The van der Waals surface area contributed by atoms with E-state index in [1.54, 1.807) is 0 Å². The lowest BCUT2D eigenvalue weighted by Gasteiger charge is -2.15. The van der Waals surface area contributed by atoms with E-state index in [9.17, 15) is 0 Å². The van der Waals surface area contributed by atoms with Crippen molar-refractivity contribution >= 4 is 0 Å². The Balaban J connectivity index is 3.05. The van der Waals surface area contributed by atoms with Crippen LogP contribution in [-0.2, 0) is 0 Å². The maximum Gasteiger partial charge on any atom is 0.0431 e. The van der Waals surface area contributed by atoms with Gasteiger partial charge in [-0.1, -0.05) is 90.4 Å². The van der Waals surface area contributed by atoms with Crippen LogP contribution in [0.1, 0.15) is 110 Å². The van der Waals surface area contributed by atoms with Gasteiger partial charge in [0.25, 0.3) is 0 Å². The zero-order valence-electron chi connectivity index (χ0n) is 16.3. The van der Waals surface area contributed by atoms with Crippen LogP contribution < -0.4 is 0 Å². The maximum atomic E-state index is 8.77. The van der Waals surface area contributed by atoms with E-state index >= 15 is 0 Å². The average Bonchev–Trinajstić information content (AvgIpc) is 2.55. The molecule has 0 spiro atoms. The summed E-state index contributed by atoms with van der Waals surface area (Å²) in [5.41, 5.74) is 0. The number of rotatable bonds is 19. The van der Waals surface area contributed by atoms with Crippen molar-refractivity contribution in [2.24, 2.45) is 0 Å². The first-order valence-corrected chi connectivity index (χ1v) is 10.6. The highest BCUT2D eigenvalue weighted by Crippen LogP contribution is 2.13. The summed E-state index contributed by atoms with van der Waals surface area (Å²) >= 11 is 0. The predicted octanol–water partition coefficient (Wildman–Crippen LogP) is 6.17. The minimum Gasteiger partial charge on any atom is -0.396 e. The third kappa shape index (κ3) is 19.9. The molecule has 0 rings (SSSR count). The Bertz CT molecular complexity index is 208. The zero-order valence-corrected chi connectivity index (χ0v) is 16.3. The number of hydrogen-bond acceptors (Lipinski definition) is 2. The number of nitrogens with zero attached hydrogens (tertiary/aromatic N) is 1. The average molecular weight is 328 g/mol. The molecule has 1 N–H and O–H groups in total. The maximum absolute atomic E-state index is 8.77. The topological polar surface area (TPSA) is 23.5 Å². The second-order valence-corrected chi connectivity index (χ2v) is 7.33. The van der Waals surface area contributed by atoms with Gasteiger partial charge in [0.2, 0.25) is 0 Å². The molecule has 2 heteroatoms. The summed E-state index contributed by atoms with van der Waals surface area (Å²) in [6, 6.07) is 0. The molecule has 0 aromatic heterocycles. The second-order valence-electron chi connectivity index (χ2n) is 7.33. The predicted molar refractivity (Wildman–Crippen MR) is 104 cm³/mol. The van der Waals surface area contributed by atoms with Gasteiger partial charge < -0.3 is 10.0 Å². The Morgan fingerprint density at radius 3 is 1.26 bits per heavy atom. The molecule has 0 atom stereocenters. The van der Waals surface area contributed by atoms with Crippen molar-refractivity contribution in [1.82, 2.24) is 4.90 Å². The van der Waals surface area contributed by atoms with Crippen LogP contribution in [0.3, 0.4) is 0 Å². The van der Waals surface area contributed by atoms with Gasteiger partial charge in [0.1, 0.15) is 0 Å². The van der Waals surface area contributed by atoms with Crippen molar-refractivity contribution in [3.8, 4) is 0 Å². The molecule has 0 heterocycles. The third-order valence-electron chi connectivity index (χ3n) is 4.84. The van der Waals surface area contributed by atoms with Gasteiger partial charge in [-0.05, 0) is 39.4 Å². The molecule has 0 saturated heterocycles. The van der Waals surface area contributed by atoms with Gasteiger partial charge in [-0.3, -0.25) is 0 Å². The van der Waals surface area contributed by atoms with Crippen molar-refractivity contribution in [1.29, 1.82) is 0 Å². The molecule has 0 aliphatic heterocycles. The first-order valence-electron chi connectivity index (χ1n) is 10.6. The highest BCUT2D eigenvalue weighted by atomic mass is 16.2. The molecule has 0 unspecified atom stereocenters. The first kappa shape index (κ1) is 22.9. The van der Waals surface area contributed by atoms with E-state index in [1.165, 1.54) is 96.4 Å². The van der Waals surface area contributed by atoms with Crippen LogP contribution in [0.5, 0.6) is 0 Å². The molecule has 0 radical (unpaired) electrons. The van der Waals surface area contributed by atoms with Crippen LogP contribution in [-0.4, -0.2) is 36.8 Å². The van der Waals surface area contributed by atoms with E-state index in [4.69, 9.17) is 5.11 Å². The van der Waals surface area contributed by atoms with Gasteiger partial charge in [-0.15, -0.1) is 0 Å². The number of aliphatic hydroxyl groups is 1. The largest absolute Gasteiger partial charge is 0.396 e. The van der Waals surface area contributed by atoms with Crippen LogP contribution in [0.15, 0.2) is 0 Å². The van der Waals surface area contributed by atoms with Crippen molar-refractivity contribution in [3.05, 3.63) is 0 Å². The summed E-state index contributed by atoms with van der Waals surface area (Å²) in [6.07, 6.45) is 22.1. The number of unbranched alkanes of at least 4 members (excludes halogenated alkanes) is 14. The van der Waals surface area contributed by atoms with Gasteiger partial charge in [-0.2, -0.15) is 0 Å². The molecule has 0 aliphatic rings. The molecule has 0 aromatic rings. The van der Waals surface area contributed by atoms with E-state index < -0.39 is 0 Å². The lowest BCUT2D eigenvalue weighted by molar-refractivity contribution is 0.261. The van der Waals surface area contributed by atoms with Crippen LogP contribution in [0.2, 0.25) is 0 Å². The van der Waals surface area contributed by atoms with Crippen LogP contribution in [0.4, 0.5) is 0 Å². The molecule has 0 aromatic carbocycles. The zero-order chi connectivity index (χ0) is 17.0. The van der Waals surface area contributed by atoms with Crippen molar-refractivity contribution in [3.63, 3.8) is 0 Å². The minimum atomic E-state index is 0.340. The Morgan fingerprint density at radius 1 is 0.522 bits per heavy atom.